The van der Waals surface area contributed by atoms with Crippen molar-refractivity contribution in [2.45, 2.75) is 64.8 Å². The number of nitrogens with zero attached hydrogens (tertiary/aromatic N) is 4. The van der Waals surface area contributed by atoms with E-state index in [4.69, 9.17) is 15.6 Å². The maximum atomic E-state index is 12.4. The summed E-state index contributed by atoms with van der Waals surface area (Å²) in [4.78, 5) is 36.9. The molecule has 1 aliphatic heterocycles. The molecule has 0 unspecified atom stereocenters. The number of anilines is 1. The monoisotopic (exact) mass is 434 g/mol. The molecule has 31 heavy (non-hydrogen) atoms. The van der Waals surface area contributed by atoms with Crippen LogP contribution in [0.4, 0.5) is 5.82 Å². The molecule has 0 atom stereocenters. The van der Waals surface area contributed by atoms with Gasteiger partial charge in [-0.2, -0.15) is 9.97 Å². The number of piperidine rings is 1. The second-order valence-corrected chi connectivity index (χ2v) is 8.32. The van der Waals surface area contributed by atoms with E-state index in [9.17, 15) is 9.59 Å². The van der Waals surface area contributed by atoms with Crippen molar-refractivity contribution in [1.82, 2.24) is 24.4 Å². The fourth-order valence-corrected chi connectivity index (χ4v) is 4.05. The standard InChI is InChI=1S/C21H34N6O4/c1-2-3-13-31-20-24-18(22)17-19(25-20)27(21(30)23-17)10-6-4-5-9-26-11-7-15(8-12-26)14-16(28)29/h15H,2-14H2,1H3,(H,23,30)(H,28,29)(H2,22,24,25). The second-order valence-electron chi connectivity index (χ2n) is 8.32. The molecule has 0 bridgehead atoms. The topological polar surface area (TPSA) is 139 Å². The highest BCUT2D eigenvalue weighted by atomic mass is 16.5. The highest BCUT2D eigenvalue weighted by Crippen LogP contribution is 2.21. The van der Waals surface area contributed by atoms with Crippen molar-refractivity contribution in [2.75, 3.05) is 32.0 Å². The highest BCUT2D eigenvalue weighted by Gasteiger charge is 2.21. The SMILES string of the molecule is CCCCOc1nc(N)c2[nH]c(=O)n(CCCCCN3CCC(CC(=O)O)CC3)c2n1. The molecule has 0 amide bonds. The number of imidazole rings is 1. The third-order valence-electron chi connectivity index (χ3n) is 5.89. The number of fused-ring (bicyclic) bond motifs is 1. The molecule has 0 spiro atoms. The lowest BCUT2D eigenvalue weighted by Crippen LogP contribution is -2.35. The number of carboxylic acids is 1. The van der Waals surface area contributed by atoms with Crippen LogP contribution < -0.4 is 16.2 Å². The van der Waals surface area contributed by atoms with Crippen LogP contribution in [-0.4, -0.2) is 61.7 Å². The number of aromatic nitrogens is 4. The Morgan fingerprint density at radius 3 is 2.65 bits per heavy atom. The number of aromatic amines is 1. The fraction of sp³-hybridized carbons (Fsp3) is 0.714. The summed E-state index contributed by atoms with van der Waals surface area (Å²) in [6.45, 7) is 6.10. The number of rotatable bonds is 12. The van der Waals surface area contributed by atoms with Crippen molar-refractivity contribution in [3.63, 3.8) is 0 Å². The molecule has 172 valence electrons. The molecule has 10 nitrogen and oxygen atoms in total. The fourth-order valence-electron chi connectivity index (χ4n) is 4.05. The number of hydrogen-bond donors (Lipinski definition) is 3. The minimum atomic E-state index is -0.697. The van der Waals surface area contributed by atoms with Crippen LogP contribution in [0.3, 0.4) is 0 Å². The molecular formula is C21H34N6O4. The van der Waals surface area contributed by atoms with Gasteiger partial charge in [-0.1, -0.05) is 19.8 Å². The van der Waals surface area contributed by atoms with E-state index in [1.54, 1.807) is 4.57 Å². The van der Waals surface area contributed by atoms with Gasteiger partial charge in [0.25, 0.3) is 0 Å². The van der Waals surface area contributed by atoms with E-state index in [1.807, 2.05) is 0 Å². The molecule has 4 N–H and O–H groups in total. The van der Waals surface area contributed by atoms with Gasteiger partial charge in [-0.25, -0.2) is 4.79 Å². The number of carboxylic acid groups (broad SMARTS) is 1. The summed E-state index contributed by atoms with van der Waals surface area (Å²) in [5.41, 5.74) is 6.70. The number of likely N-dealkylation sites (tertiary alicyclic amines) is 1. The number of unbranched alkanes of at least 4 members (excludes halogenated alkanes) is 3. The van der Waals surface area contributed by atoms with E-state index in [1.165, 1.54) is 0 Å². The van der Waals surface area contributed by atoms with Crippen LogP contribution in [0.25, 0.3) is 11.2 Å². The third kappa shape index (κ3) is 6.43. The maximum absolute atomic E-state index is 12.4. The molecule has 3 heterocycles. The molecular weight excluding hydrogens is 400 g/mol. The zero-order chi connectivity index (χ0) is 22.2. The molecule has 1 saturated heterocycles. The van der Waals surface area contributed by atoms with E-state index in [2.05, 4.69) is 26.8 Å². The lowest BCUT2D eigenvalue weighted by Gasteiger charge is -2.31. The van der Waals surface area contributed by atoms with Crippen LogP contribution in [0.5, 0.6) is 6.01 Å². The van der Waals surface area contributed by atoms with Gasteiger partial charge >= 0.3 is 17.7 Å². The molecule has 3 rings (SSSR count). The third-order valence-corrected chi connectivity index (χ3v) is 5.89. The van der Waals surface area contributed by atoms with Gasteiger partial charge < -0.3 is 25.5 Å². The maximum Gasteiger partial charge on any atom is 0.327 e. The van der Waals surface area contributed by atoms with Crippen molar-refractivity contribution < 1.29 is 14.6 Å². The Morgan fingerprint density at radius 1 is 1.19 bits per heavy atom. The van der Waals surface area contributed by atoms with Gasteiger partial charge in [0.2, 0.25) is 0 Å². The number of nitrogens with one attached hydrogen (secondary N) is 1. The zero-order valence-corrected chi connectivity index (χ0v) is 18.3. The van der Waals surface area contributed by atoms with E-state index in [0.717, 1.165) is 64.6 Å². The van der Waals surface area contributed by atoms with Crippen LogP contribution in [0, 0.1) is 5.92 Å². The first-order valence-corrected chi connectivity index (χ1v) is 11.3. The minimum absolute atomic E-state index is 0.206. The van der Waals surface area contributed by atoms with E-state index >= 15 is 0 Å². The molecule has 1 fully saturated rings. The van der Waals surface area contributed by atoms with Gasteiger partial charge in [0.05, 0.1) is 6.61 Å². The quantitative estimate of drug-likeness (QED) is 0.432. The first kappa shape index (κ1) is 23.1. The number of aryl methyl sites for hydroxylation is 1. The Labute approximate surface area is 181 Å². The molecule has 2 aromatic rings. The van der Waals surface area contributed by atoms with E-state index in [-0.39, 0.29) is 23.9 Å². The lowest BCUT2D eigenvalue weighted by molar-refractivity contribution is -0.138. The minimum Gasteiger partial charge on any atom is -0.481 e. The van der Waals surface area contributed by atoms with Crippen LogP contribution >= 0.6 is 0 Å². The van der Waals surface area contributed by atoms with Crippen LogP contribution in [0.15, 0.2) is 4.79 Å². The van der Waals surface area contributed by atoms with E-state index < -0.39 is 5.97 Å². The molecule has 0 aromatic carbocycles. The number of H-pyrrole nitrogens is 1. The van der Waals surface area contributed by atoms with Crippen molar-refractivity contribution in [1.29, 1.82) is 0 Å². The van der Waals surface area contributed by atoms with Gasteiger partial charge in [0, 0.05) is 13.0 Å². The van der Waals surface area contributed by atoms with Crippen molar-refractivity contribution in [2.24, 2.45) is 5.92 Å². The molecule has 0 aliphatic carbocycles. The Morgan fingerprint density at radius 2 is 1.94 bits per heavy atom. The summed E-state index contributed by atoms with van der Waals surface area (Å²) in [6.07, 6.45) is 7.01. The average molecular weight is 435 g/mol. The van der Waals surface area contributed by atoms with Gasteiger partial charge in [0.1, 0.15) is 5.52 Å². The van der Waals surface area contributed by atoms with Gasteiger partial charge in [-0.05, 0) is 57.7 Å². The van der Waals surface area contributed by atoms with Crippen LogP contribution in [0.1, 0.15) is 58.3 Å². The Kier molecular flexibility index (Phi) is 8.27. The number of nitrogens with two attached hydrogens (primary N) is 1. The summed E-state index contributed by atoms with van der Waals surface area (Å²) in [6, 6.07) is 0.206. The van der Waals surface area contributed by atoms with Crippen molar-refractivity contribution in [3.8, 4) is 6.01 Å². The Bertz CT molecular complexity index is 916. The molecule has 0 saturated carbocycles. The summed E-state index contributed by atoms with van der Waals surface area (Å²) < 4.78 is 7.18. The Balaban J connectivity index is 1.47. The Hall–Kier alpha value is -2.62. The first-order chi connectivity index (χ1) is 15.0. The van der Waals surface area contributed by atoms with Crippen molar-refractivity contribution >= 4 is 23.0 Å². The molecule has 0 radical (unpaired) electrons. The van der Waals surface area contributed by atoms with Crippen molar-refractivity contribution in [3.05, 3.63) is 10.5 Å². The smallest absolute Gasteiger partial charge is 0.327 e. The first-order valence-electron chi connectivity index (χ1n) is 11.3. The number of ether oxygens (including phenoxy) is 1. The molecule has 10 heteroatoms. The molecule has 2 aromatic heterocycles. The van der Waals surface area contributed by atoms with E-state index in [0.29, 0.717) is 30.2 Å². The predicted octanol–water partition coefficient (Wildman–Crippen LogP) is 2.24. The average Bonchev–Trinajstić information content (AvgIpc) is 3.05. The number of hydrogen-bond acceptors (Lipinski definition) is 7. The molecule has 1 aliphatic rings. The largest absolute Gasteiger partial charge is 0.481 e. The van der Waals surface area contributed by atoms with Crippen LogP contribution in [-0.2, 0) is 11.3 Å². The predicted molar refractivity (Wildman–Crippen MR) is 118 cm³/mol. The van der Waals surface area contributed by atoms with Gasteiger partial charge in [0.15, 0.2) is 11.5 Å². The number of carbonyl (C=O) groups is 1. The van der Waals surface area contributed by atoms with Gasteiger partial charge in [-0.15, -0.1) is 0 Å². The summed E-state index contributed by atoms with van der Waals surface area (Å²) >= 11 is 0. The second kappa shape index (κ2) is 11.1. The zero-order valence-electron chi connectivity index (χ0n) is 18.3. The lowest BCUT2D eigenvalue weighted by atomic mass is 9.93. The summed E-state index contributed by atoms with van der Waals surface area (Å²) in [5, 5.41) is 8.91. The van der Waals surface area contributed by atoms with Gasteiger partial charge in [-0.3, -0.25) is 9.36 Å². The number of nitrogen functional groups attached to an aromatic ring is 1. The summed E-state index contributed by atoms with van der Waals surface area (Å²) in [7, 11) is 0. The van der Waals surface area contributed by atoms with Crippen LogP contribution in [0.2, 0.25) is 0 Å². The number of aliphatic carboxylic acids is 1. The normalized spacial score (nSPS) is 15.5. The summed E-state index contributed by atoms with van der Waals surface area (Å²) in [5.74, 6) is -0.163. The highest BCUT2D eigenvalue weighted by molar-refractivity contribution is 5.81.